The average Bonchev–Trinajstić information content (AvgIpc) is 2.32. The van der Waals surface area contributed by atoms with Crippen molar-refractivity contribution >= 4 is 90.5 Å². The van der Waals surface area contributed by atoms with Crippen LogP contribution in [0.3, 0.4) is 0 Å². The molecule has 1 aromatic carbocycles. The van der Waals surface area contributed by atoms with Gasteiger partial charge in [0.2, 0.25) is 5.91 Å². The van der Waals surface area contributed by atoms with Gasteiger partial charge in [-0.2, -0.15) is 0 Å². The number of carbonyl (C=O) groups is 3. The summed E-state index contributed by atoms with van der Waals surface area (Å²) in [7, 11) is 1.37. The zero-order valence-corrected chi connectivity index (χ0v) is 15.8. The van der Waals surface area contributed by atoms with Crippen molar-refractivity contribution in [2.75, 3.05) is 19.0 Å². The van der Waals surface area contributed by atoms with E-state index in [4.69, 9.17) is 27.9 Å². The predicted molar refractivity (Wildman–Crippen MR) is 92.7 cm³/mol. The highest BCUT2D eigenvalue weighted by Gasteiger charge is 2.22. The Hall–Kier alpha value is 0.0300. The largest absolute Gasteiger partial charge is 0.375 e. The van der Waals surface area contributed by atoms with Gasteiger partial charge < -0.3 is 10.1 Å². The van der Waals surface area contributed by atoms with Crippen LogP contribution in [0.5, 0.6) is 0 Å². The lowest BCUT2D eigenvalue weighted by Gasteiger charge is -2.13. The summed E-state index contributed by atoms with van der Waals surface area (Å²) in [6, 6.07) is 1.40. The first-order valence-electron chi connectivity index (χ1n) is 5.00. The van der Waals surface area contributed by atoms with Crippen molar-refractivity contribution in [1.82, 2.24) is 0 Å². The summed E-state index contributed by atoms with van der Waals surface area (Å²) in [4.78, 5) is 34.4. The maximum atomic E-state index is 11.5. The van der Waals surface area contributed by atoms with Crippen LogP contribution < -0.4 is 5.32 Å². The molecule has 0 aliphatic carbocycles. The Labute approximate surface area is 152 Å². The molecule has 9 heteroatoms. The number of benzene rings is 1. The Bertz CT molecular complexity index is 592. The molecule has 0 spiro atoms. The fraction of sp³-hybridized carbons (Fsp3) is 0.182. The number of hydrogen-bond acceptors (Lipinski definition) is 4. The average molecular weight is 542 g/mol. The van der Waals surface area contributed by atoms with Gasteiger partial charge in [-0.1, -0.05) is 0 Å². The Morgan fingerprint density at radius 1 is 1.20 bits per heavy atom. The zero-order chi connectivity index (χ0) is 15.4. The van der Waals surface area contributed by atoms with Crippen LogP contribution in [0.25, 0.3) is 0 Å². The molecule has 0 atom stereocenters. The number of ether oxygens (including phenoxy) is 1. The van der Waals surface area contributed by atoms with E-state index in [1.54, 1.807) is 0 Å². The van der Waals surface area contributed by atoms with Gasteiger partial charge in [-0.25, -0.2) is 0 Å². The van der Waals surface area contributed by atoms with Gasteiger partial charge in [0.15, 0.2) is 0 Å². The van der Waals surface area contributed by atoms with Gasteiger partial charge in [-0.05, 0) is 74.4 Å². The van der Waals surface area contributed by atoms with E-state index in [1.807, 2.05) is 45.2 Å². The van der Waals surface area contributed by atoms with Crippen LogP contribution in [0.15, 0.2) is 6.07 Å². The van der Waals surface area contributed by atoms with E-state index in [-0.39, 0.29) is 23.4 Å². The van der Waals surface area contributed by atoms with Gasteiger partial charge in [0.25, 0.3) is 10.5 Å². The number of hydrogen-bond donors (Lipinski definition) is 1. The molecule has 0 aromatic heterocycles. The van der Waals surface area contributed by atoms with E-state index >= 15 is 0 Å². The molecule has 20 heavy (non-hydrogen) atoms. The highest BCUT2D eigenvalue weighted by molar-refractivity contribution is 14.1. The smallest absolute Gasteiger partial charge is 0.254 e. The van der Waals surface area contributed by atoms with Crippen LogP contribution in [0.1, 0.15) is 20.7 Å². The molecular formula is C11H7Cl2I2NO4. The van der Waals surface area contributed by atoms with Crippen molar-refractivity contribution in [1.29, 1.82) is 0 Å². The van der Waals surface area contributed by atoms with Crippen LogP contribution in [-0.2, 0) is 9.53 Å². The summed E-state index contributed by atoms with van der Waals surface area (Å²) < 4.78 is 5.47. The predicted octanol–water partition coefficient (Wildman–Crippen LogP) is 3.24. The van der Waals surface area contributed by atoms with Gasteiger partial charge >= 0.3 is 0 Å². The lowest BCUT2D eigenvalue weighted by molar-refractivity contribution is -0.119. The molecule has 1 amide bonds. The van der Waals surface area contributed by atoms with Crippen LogP contribution in [-0.4, -0.2) is 30.1 Å². The number of carbonyl (C=O) groups excluding carboxylic acids is 3. The van der Waals surface area contributed by atoms with E-state index in [9.17, 15) is 14.4 Å². The highest BCUT2D eigenvalue weighted by Crippen LogP contribution is 2.32. The summed E-state index contributed by atoms with van der Waals surface area (Å²) in [5, 5.41) is 1.05. The molecule has 0 radical (unpaired) electrons. The van der Waals surface area contributed by atoms with E-state index in [0.29, 0.717) is 7.14 Å². The molecular weight excluding hydrogens is 535 g/mol. The quantitative estimate of drug-likeness (QED) is 0.459. The van der Waals surface area contributed by atoms with Crippen molar-refractivity contribution in [3.63, 3.8) is 0 Å². The summed E-state index contributed by atoms with van der Waals surface area (Å²) in [5.74, 6) is -0.424. The number of amides is 1. The molecule has 108 valence electrons. The van der Waals surface area contributed by atoms with Crippen LogP contribution in [0, 0.1) is 7.14 Å². The van der Waals surface area contributed by atoms with Crippen LogP contribution in [0.2, 0.25) is 0 Å². The van der Waals surface area contributed by atoms with Gasteiger partial charge in [0, 0.05) is 14.3 Å². The maximum Gasteiger partial charge on any atom is 0.254 e. The minimum atomic E-state index is -0.743. The van der Waals surface area contributed by atoms with Crippen LogP contribution in [0.4, 0.5) is 5.69 Å². The third-order valence-electron chi connectivity index (χ3n) is 2.16. The van der Waals surface area contributed by atoms with E-state index < -0.39 is 16.4 Å². The molecule has 1 aromatic rings. The number of rotatable bonds is 5. The fourth-order valence-electron chi connectivity index (χ4n) is 1.36. The molecule has 0 aliphatic rings. The molecule has 0 fully saturated rings. The Balaban J connectivity index is 3.41. The first-order chi connectivity index (χ1) is 9.29. The van der Waals surface area contributed by atoms with Gasteiger partial charge in [-0.3, -0.25) is 14.4 Å². The molecule has 0 saturated carbocycles. The standard InChI is InChI=1S/C11H7Cl2I2NO4/c1-20-3-6(17)16-5-2-4(10(12)18)8(14)7(9(5)15)11(13)19/h2H,3H2,1H3,(H,16,17). The van der Waals surface area contributed by atoms with E-state index in [2.05, 4.69) is 5.32 Å². The summed E-state index contributed by atoms with van der Waals surface area (Å²) >= 11 is 14.7. The van der Waals surface area contributed by atoms with Gasteiger partial charge in [0.1, 0.15) is 6.61 Å². The summed E-state index contributed by atoms with van der Waals surface area (Å²) in [6.45, 7) is -0.156. The first kappa shape index (κ1) is 18.1. The van der Waals surface area contributed by atoms with Crippen molar-refractivity contribution in [2.24, 2.45) is 0 Å². The van der Waals surface area contributed by atoms with Crippen molar-refractivity contribution in [3.8, 4) is 0 Å². The molecule has 0 bridgehead atoms. The summed E-state index contributed by atoms with van der Waals surface area (Å²) in [6.07, 6.45) is 0. The Morgan fingerprint density at radius 2 is 1.80 bits per heavy atom. The topological polar surface area (TPSA) is 72.5 Å². The van der Waals surface area contributed by atoms with Gasteiger partial charge in [-0.15, -0.1) is 0 Å². The lowest BCUT2D eigenvalue weighted by atomic mass is 10.1. The molecule has 1 N–H and O–H groups in total. The minimum absolute atomic E-state index is 0.101. The second-order valence-electron chi connectivity index (χ2n) is 3.50. The molecule has 0 heterocycles. The molecule has 0 unspecified atom stereocenters. The minimum Gasteiger partial charge on any atom is -0.375 e. The molecule has 1 rings (SSSR count). The van der Waals surface area contributed by atoms with Crippen molar-refractivity contribution < 1.29 is 19.1 Å². The second-order valence-corrected chi connectivity index (χ2v) is 6.35. The van der Waals surface area contributed by atoms with Crippen molar-refractivity contribution in [3.05, 3.63) is 24.3 Å². The number of nitrogens with one attached hydrogen (secondary N) is 1. The fourth-order valence-corrected chi connectivity index (χ4v) is 4.41. The third-order valence-corrected chi connectivity index (χ3v) is 4.79. The Morgan fingerprint density at radius 3 is 2.25 bits per heavy atom. The Kier molecular flexibility index (Phi) is 7.12. The normalized spacial score (nSPS) is 10.2. The first-order valence-corrected chi connectivity index (χ1v) is 7.91. The van der Waals surface area contributed by atoms with Gasteiger partial charge in [0.05, 0.1) is 16.8 Å². The monoisotopic (exact) mass is 541 g/mol. The second kappa shape index (κ2) is 7.87. The zero-order valence-electron chi connectivity index (χ0n) is 9.93. The maximum absolute atomic E-state index is 11.5. The number of halogens is 4. The highest BCUT2D eigenvalue weighted by atomic mass is 127. The number of anilines is 1. The number of methoxy groups -OCH3 is 1. The van der Waals surface area contributed by atoms with Crippen LogP contribution >= 0.6 is 68.4 Å². The third kappa shape index (κ3) is 4.26. The van der Waals surface area contributed by atoms with Crippen molar-refractivity contribution in [2.45, 2.75) is 0 Å². The molecule has 0 saturated heterocycles. The van der Waals surface area contributed by atoms with E-state index in [1.165, 1.54) is 13.2 Å². The lowest BCUT2D eigenvalue weighted by Crippen LogP contribution is -2.19. The molecule has 0 aliphatic heterocycles. The SMILES string of the molecule is COCC(=O)Nc1cc(C(=O)Cl)c(I)c(C(=O)Cl)c1I. The summed E-state index contributed by atoms with van der Waals surface area (Å²) in [5.41, 5.74) is 0.512. The molecule has 5 nitrogen and oxygen atoms in total. The van der Waals surface area contributed by atoms with E-state index in [0.717, 1.165) is 0 Å².